The lowest BCUT2D eigenvalue weighted by Gasteiger charge is -2.03. The Labute approximate surface area is 90.0 Å². The molecule has 0 radical (unpaired) electrons. The van der Waals surface area contributed by atoms with E-state index in [9.17, 15) is 0 Å². The van der Waals surface area contributed by atoms with Gasteiger partial charge in [-0.25, -0.2) is 9.97 Å². The fraction of sp³-hybridized carbons (Fsp3) is 0.273. The number of hydrogen-bond acceptors (Lipinski definition) is 2. The molecule has 0 unspecified atom stereocenters. The lowest BCUT2D eigenvalue weighted by Crippen LogP contribution is -2.16. The standard InChI is InChI=1S/C11H13N3Si/c1-15(2,3)7-5-10-9-4-6-12-11(9)14-8-13-10/h4,6,8H,1-3H3,(H,12,13,14). The molecule has 0 fully saturated rings. The van der Waals surface area contributed by atoms with Crippen LogP contribution in [0.2, 0.25) is 19.6 Å². The molecule has 4 heteroatoms. The largest absolute Gasteiger partial charge is 0.346 e. The van der Waals surface area contributed by atoms with Crippen molar-refractivity contribution in [1.29, 1.82) is 0 Å². The lowest BCUT2D eigenvalue weighted by molar-refractivity contribution is 1.18. The number of hydrogen-bond donors (Lipinski definition) is 1. The fourth-order valence-electron chi connectivity index (χ4n) is 1.22. The van der Waals surface area contributed by atoms with Crippen LogP contribution in [0, 0.1) is 11.5 Å². The molecule has 3 nitrogen and oxygen atoms in total. The summed E-state index contributed by atoms with van der Waals surface area (Å²) >= 11 is 0. The van der Waals surface area contributed by atoms with Gasteiger partial charge in [-0.05, 0) is 6.07 Å². The highest BCUT2D eigenvalue weighted by molar-refractivity contribution is 6.83. The van der Waals surface area contributed by atoms with E-state index < -0.39 is 8.07 Å². The van der Waals surface area contributed by atoms with E-state index in [2.05, 4.69) is 46.1 Å². The third-order valence-corrected chi connectivity index (χ3v) is 2.78. The van der Waals surface area contributed by atoms with Crippen LogP contribution in [0.15, 0.2) is 18.6 Å². The molecular weight excluding hydrogens is 202 g/mol. The van der Waals surface area contributed by atoms with E-state index in [0.717, 1.165) is 16.7 Å². The molecule has 2 aromatic rings. The summed E-state index contributed by atoms with van der Waals surface area (Å²) in [5, 5.41) is 1.00. The molecule has 2 rings (SSSR count). The van der Waals surface area contributed by atoms with E-state index in [0.29, 0.717) is 0 Å². The van der Waals surface area contributed by atoms with Gasteiger partial charge in [-0.15, -0.1) is 5.54 Å². The Balaban J connectivity index is 2.51. The summed E-state index contributed by atoms with van der Waals surface area (Å²) in [5.74, 6) is 3.15. The normalized spacial score (nSPS) is 11.1. The molecule has 2 heterocycles. The molecule has 2 aromatic heterocycles. The Morgan fingerprint density at radius 3 is 2.80 bits per heavy atom. The van der Waals surface area contributed by atoms with Crippen LogP contribution in [0.25, 0.3) is 11.0 Å². The monoisotopic (exact) mass is 215 g/mol. The molecule has 0 aromatic carbocycles. The summed E-state index contributed by atoms with van der Waals surface area (Å²) < 4.78 is 0. The molecule has 0 amide bonds. The van der Waals surface area contributed by atoms with Gasteiger partial charge < -0.3 is 4.98 Å². The van der Waals surface area contributed by atoms with Gasteiger partial charge in [0, 0.05) is 6.20 Å². The molecule has 15 heavy (non-hydrogen) atoms. The highest BCUT2D eigenvalue weighted by Crippen LogP contribution is 2.11. The fourth-order valence-corrected chi connectivity index (χ4v) is 1.71. The van der Waals surface area contributed by atoms with Crippen LogP contribution in [-0.2, 0) is 0 Å². The minimum atomic E-state index is -1.34. The molecule has 0 atom stereocenters. The molecular formula is C11H13N3Si. The van der Waals surface area contributed by atoms with Gasteiger partial charge in [-0.2, -0.15) is 0 Å². The smallest absolute Gasteiger partial charge is 0.141 e. The van der Waals surface area contributed by atoms with Crippen molar-refractivity contribution in [3.8, 4) is 11.5 Å². The maximum atomic E-state index is 4.20. The molecule has 0 aliphatic heterocycles. The van der Waals surface area contributed by atoms with Crippen molar-refractivity contribution < 1.29 is 0 Å². The van der Waals surface area contributed by atoms with Crippen molar-refractivity contribution in [2.24, 2.45) is 0 Å². The van der Waals surface area contributed by atoms with Crippen LogP contribution in [0.4, 0.5) is 0 Å². The van der Waals surface area contributed by atoms with Crippen molar-refractivity contribution in [2.75, 3.05) is 0 Å². The average molecular weight is 215 g/mol. The quantitative estimate of drug-likeness (QED) is 0.540. The number of aromatic amines is 1. The number of aromatic nitrogens is 3. The second-order valence-electron chi connectivity index (χ2n) is 4.46. The Hall–Kier alpha value is -1.60. The molecule has 0 aliphatic carbocycles. The van der Waals surface area contributed by atoms with Crippen LogP contribution in [-0.4, -0.2) is 23.0 Å². The van der Waals surface area contributed by atoms with E-state index >= 15 is 0 Å². The van der Waals surface area contributed by atoms with Gasteiger partial charge in [-0.3, -0.25) is 0 Å². The van der Waals surface area contributed by atoms with Crippen molar-refractivity contribution in [3.05, 3.63) is 24.3 Å². The van der Waals surface area contributed by atoms with Gasteiger partial charge in [0.2, 0.25) is 0 Å². The lowest BCUT2D eigenvalue weighted by atomic mass is 10.3. The third-order valence-electron chi connectivity index (χ3n) is 1.91. The molecule has 0 saturated heterocycles. The van der Waals surface area contributed by atoms with Crippen LogP contribution in [0.1, 0.15) is 5.69 Å². The van der Waals surface area contributed by atoms with Crippen LogP contribution < -0.4 is 0 Å². The highest BCUT2D eigenvalue weighted by Gasteiger charge is 2.08. The first-order valence-electron chi connectivity index (χ1n) is 4.87. The van der Waals surface area contributed by atoms with Gasteiger partial charge in [0.05, 0.1) is 5.39 Å². The molecule has 0 spiro atoms. The van der Waals surface area contributed by atoms with Gasteiger partial charge >= 0.3 is 0 Å². The van der Waals surface area contributed by atoms with Crippen LogP contribution in [0.5, 0.6) is 0 Å². The van der Waals surface area contributed by atoms with E-state index in [1.54, 1.807) is 6.33 Å². The topological polar surface area (TPSA) is 41.6 Å². The number of nitrogens with one attached hydrogen (secondary N) is 1. The van der Waals surface area contributed by atoms with Gasteiger partial charge in [0.15, 0.2) is 0 Å². The highest BCUT2D eigenvalue weighted by atomic mass is 28.3. The minimum absolute atomic E-state index is 0.823. The summed E-state index contributed by atoms with van der Waals surface area (Å²) in [4.78, 5) is 11.4. The first kappa shape index (κ1) is 9.93. The van der Waals surface area contributed by atoms with Crippen molar-refractivity contribution >= 4 is 19.1 Å². The second kappa shape index (κ2) is 3.52. The number of nitrogens with zero attached hydrogens (tertiary/aromatic N) is 2. The Bertz CT molecular complexity index is 540. The molecule has 0 saturated carbocycles. The predicted molar refractivity (Wildman–Crippen MR) is 64.1 cm³/mol. The molecule has 1 N–H and O–H groups in total. The van der Waals surface area contributed by atoms with Crippen LogP contribution >= 0.6 is 0 Å². The molecule has 76 valence electrons. The average Bonchev–Trinajstić information content (AvgIpc) is 2.61. The number of rotatable bonds is 0. The van der Waals surface area contributed by atoms with Crippen molar-refractivity contribution in [1.82, 2.24) is 15.0 Å². The SMILES string of the molecule is C[Si](C)(C)C#Cc1ncnc2[nH]ccc12. The second-order valence-corrected chi connectivity index (χ2v) is 9.21. The first-order valence-corrected chi connectivity index (χ1v) is 8.37. The Morgan fingerprint density at radius 1 is 1.27 bits per heavy atom. The van der Waals surface area contributed by atoms with E-state index in [4.69, 9.17) is 0 Å². The van der Waals surface area contributed by atoms with Gasteiger partial charge in [-0.1, -0.05) is 25.6 Å². The molecule has 0 bridgehead atoms. The summed E-state index contributed by atoms with van der Waals surface area (Å²) in [6, 6.07) is 1.96. The zero-order valence-corrected chi connectivity index (χ0v) is 10.1. The summed E-state index contributed by atoms with van der Waals surface area (Å²) in [7, 11) is -1.34. The van der Waals surface area contributed by atoms with Gasteiger partial charge in [0.25, 0.3) is 0 Å². The zero-order chi connectivity index (χ0) is 10.9. The summed E-state index contributed by atoms with van der Waals surface area (Å²) in [6.45, 7) is 6.65. The predicted octanol–water partition coefficient (Wildman–Crippen LogP) is 2.19. The van der Waals surface area contributed by atoms with E-state index in [1.807, 2.05) is 12.3 Å². The van der Waals surface area contributed by atoms with E-state index in [1.165, 1.54) is 0 Å². The summed E-state index contributed by atoms with van der Waals surface area (Å²) in [5.41, 5.74) is 4.98. The number of fused-ring (bicyclic) bond motifs is 1. The van der Waals surface area contributed by atoms with Crippen LogP contribution in [0.3, 0.4) is 0 Å². The number of H-pyrrole nitrogens is 1. The third kappa shape index (κ3) is 2.25. The van der Waals surface area contributed by atoms with Gasteiger partial charge in [0.1, 0.15) is 25.7 Å². The summed E-state index contributed by atoms with van der Waals surface area (Å²) in [6.07, 6.45) is 3.41. The Morgan fingerprint density at radius 2 is 2.07 bits per heavy atom. The first-order chi connectivity index (χ1) is 7.06. The van der Waals surface area contributed by atoms with E-state index in [-0.39, 0.29) is 0 Å². The maximum absolute atomic E-state index is 4.20. The zero-order valence-electron chi connectivity index (χ0n) is 9.13. The molecule has 0 aliphatic rings. The maximum Gasteiger partial charge on any atom is 0.141 e. The van der Waals surface area contributed by atoms with Crippen molar-refractivity contribution in [2.45, 2.75) is 19.6 Å². The Kier molecular flexibility index (Phi) is 2.33. The minimum Gasteiger partial charge on any atom is -0.346 e. The van der Waals surface area contributed by atoms with Crippen molar-refractivity contribution in [3.63, 3.8) is 0 Å².